The molecule has 8 nitrogen and oxygen atoms in total. The zero-order valence-electron chi connectivity index (χ0n) is 19.8. The van der Waals surface area contributed by atoms with Crippen LogP contribution in [-0.2, 0) is 0 Å². The number of piperazine rings is 2. The fourth-order valence-electron chi connectivity index (χ4n) is 4.76. The maximum Gasteiger partial charge on any atom is 0.227 e. The third kappa shape index (κ3) is 5.35. The lowest BCUT2D eigenvalue weighted by Crippen LogP contribution is -2.48. The summed E-state index contributed by atoms with van der Waals surface area (Å²) in [5, 5.41) is 5.40. The molecule has 0 radical (unpaired) electrons. The number of hydrogen-bond donors (Lipinski definition) is 1. The molecule has 34 heavy (non-hydrogen) atoms. The molecule has 9 heteroatoms. The zero-order valence-corrected chi connectivity index (χ0v) is 20.6. The van der Waals surface area contributed by atoms with Crippen LogP contribution >= 0.6 is 11.6 Å². The van der Waals surface area contributed by atoms with Gasteiger partial charge in [0.25, 0.3) is 0 Å². The summed E-state index contributed by atoms with van der Waals surface area (Å²) in [5.41, 5.74) is 2.02. The van der Waals surface area contributed by atoms with Crippen molar-refractivity contribution >= 4 is 40.0 Å². The number of pyridine rings is 1. The first-order chi connectivity index (χ1) is 16.7. The molecule has 5 rings (SSSR count). The molecule has 3 aromatic rings. The van der Waals surface area contributed by atoms with E-state index in [0.29, 0.717) is 5.02 Å². The molecule has 0 bridgehead atoms. The van der Waals surface area contributed by atoms with Crippen LogP contribution in [-0.4, -0.2) is 96.7 Å². The standard InChI is InChI=1S/C25H33ClN8/c1-2-31-11-17-34(18-12-31)25-29-8-6-24(30-25)33-15-13-32(14-16-33)10-9-28-22-5-7-27-23-19-20(26)3-4-21(22)23/h3-8,19H,2,9-18H2,1H3,(H,27,28). The number of fused-ring (bicyclic) bond motifs is 1. The van der Waals surface area contributed by atoms with Crippen LogP contribution in [0.4, 0.5) is 17.5 Å². The quantitative estimate of drug-likeness (QED) is 0.553. The van der Waals surface area contributed by atoms with Gasteiger partial charge in [0.1, 0.15) is 5.82 Å². The van der Waals surface area contributed by atoms with Crippen molar-refractivity contribution < 1.29 is 0 Å². The Hall–Kier alpha value is -2.68. The van der Waals surface area contributed by atoms with Crippen LogP contribution in [0.1, 0.15) is 6.92 Å². The number of hydrogen-bond acceptors (Lipinski definition) is 8. The van der Waals surface area contributed by atoms with Crippen molar-refractivity contribution in [1.82, 2.24) is 24.8 Å². The molecule has 2 saturated heterocycles. The number of halogens is 1. The molecule has 2 aliphatic heterocycles. The van der Waals surface area contributed by atoms with Crippen molar-refractivity contribution in [1.29, 1.82) is 0 Å². The Kier molecular flexibility index (Phi) is 7.27. The van der Waals surface area contributed by atoms with Gasteiger partial charge in [-0.2, -0.15) is 4.98 Å². The number of nitrogens with one attached hydrogen (secondary N) is 1. The average Bonchev–Trinajstić information content (AvgIpc) is 2.89. The average molecular weight is 481 g/mol. The van der Waals surface area contributed by atoms with E-state index < -0.39 is 0 Å². The molecular weight excluding hydrogens is 448 g/mol. The normalized spacial score (nSPS) is 17.9. The van der Waals surface area contributed by atoms with E-state index in [0.717, 1.165) is 100 Å². The van der Waals surface area contributed by atoms with Crippen LogP contribution in [0.5, 0.6) is 0 Å². The van der Waals surface area contributed by atoms with Gasteiger partial charge in [-0.3, -0.25) is 9.88 Å². The first-order valence-corrected chi connectivity index (χ1v) is 12.6. The molecule has 2 aliphatic rings. The van der Waals surface area contributed by atoms with Crippen molar-refractivity contribution in [2.75, 3.05) is 87.1 Å². The number of rotatable bonds is 7. The minimum Gasteiger partial charge on any atom is -0.383 e. The molecule has 0 amide bonds. The maximum absolute atomic E-state index is 6.11. The summed E-state index contributed by atoms with van der Waals surface area (Å²) in [5.74, 6) is 1.91. The van der Waals surface area contributed by atoms with E-state index in [4.69, 9.17) is 16.6 Å². The fraction of sp³-hybridized carbons (Fsp3) is 0.480. The van der Waals surface area contributed by atoms with Crippen LogP contribution in [0.15, 0.2) is 42.7 Å². The Bertz CT molecular complexity index is 1090. The number of likely N-dealkylation sites (N-methyl/N-ethyl adjacent to an activating group) is 1. The third-order valence-corrected chi connectivity index (χ3v) is 7.11. The predicted molar refractivity (Wildman–Crippen MR) is 140 cm³/mol. The maximum atomic E-state index is 6.11. The van der Waals surface area contributed by atoms with E-state index >= 15 is 0 Å². The SMILES string of the molecule is CCN1CCN(c2nccc(N3CCN(CCNc4ccnc5cc(Cl)ccc45)CC3)n2)CC1. The Morgan fingerprint density at radius 2 is 1.59 bits per heavy atom. The van der Waals surface area contributed by atoms with Gasteiger partial charge >= 0.3 is 0 Å². The van der Waals surface area contributed by atoms with Gasteiger partial charge in [0.2, 0.25) is 5.95 Å². The van der Waals surface area contributed by atoms with Gasteiger partial charge in [0.05, 0.1) is 5.52 Å². The second-order valence-corrected chi connectivity index (χ2v) is 9.35. The molecular formula is C25H33ClN8. The van der Waals surface area contributed by atoms with E-state index in [1.807, 2.05) is 42.7 Å². The minimum atomic E-state index is 0.713. The Morgan fingerprint density at radius 3 is 2.38 bits per heavy atom. The topological polar surface area (TPSA) is 63.7 Å². The van der Waals surface area contributed by atoms with Crippen molar-refractivity contribution in [3.05, 3.63) is 47.7 Å². The van der Waals surface area contributed by atoms with E-state index in [9.17, 15) is 0 Å². The summed E-state index contributed by atoms with van der Waals surface area (Å²) in [4.78, 5) is 23.6. The Labute approximate surface area is 206 Å². The number of aromatic nitrogens is 3. The number of benzene rings is 1. The highest BCUT2D eigenvalue weighted by Crippen LogP contribution is 2.24. The molecule has 0 aliphatic carbocycles. The highest BCUT2D eigenvalue weighted by Gasteiger charge is 2.21. The molecule has 1 aromatic carbocycles. The van der Waals surface area contributed by atoms with Gasteiger partial charge in [0, 0.05) is 93.9 Å². The molecule has 4 heterocycles. The summed E-state index contributed by atoms with van der Waals surface area (Å²) in [7, 11) is 0. The van der Waals surface area contributed by atoms with E-state index in [2.05, 4.69) is 41.8 Å². The summed E-state index contributed by atoms with van der Waals surface area (Å²) < 4.78 is 0. The van der Waals surface area contributed by atoms with Crippen LogP contribution in [0.2, 0.25) is 5.02 Å². The van der Waals surface area contributed by atoms with Crippen LogP contribution in [0.3, 0.4) is 0 Å². The Balaban J connectivity index is 1.11. The molecule has 1 N–H and O–H groups in total. The summed E-state index contributed by atoms with van der Waals surface area (Å²) >= 11 is 6.11. The second kappa shape index (κ2) is 10.7. The van der Waals surface area contributed by atoms with E-state index in [1.165, 1.54) is 0 Å². The van der Waals surface area contributed by atoms with Crippen molar-refractivity contribution in [3.8, 4) is 0 Å². The van der Waals surface area contributed by atoms with E-state index in [-0.39, 0.29) is 0 Å². The van der Waals surface area contributed by atoms with Gasteiger partial charge in [-0.25, -0.2) is 4.98 Å². The van der Waals surface area contributed by atoms with Crippen molar-refractivity contribution in [2.24, 2.45) is 0 Å². The highest BCUT2D eigenvalue weighted by atomic mass is 35.5. The monoisotopic (exact) mass is 480 g/mol. The molecule has 0 atom stereocenters. The summed E-state index contributed by atoms with van der Waals surface area (Å²) in [6.07, 6.45) is 3.74. The van der Waals surface area contributed by atoms with Gasteiger partial charge in [-0.1, -0.05) is 18.5 Å². The van der Waals surface area contributed by atoms with Crippen LogP contribution < -0.4 is 15.1 Å². The highest BCUT2D eigenvalue weighted by molar-refractivity contribution is 6.31. The largest absolute Gasteiger partial charge is 0.383 e. The van der Waals surface area contributed by atoms with Gasteiger partial charge in [-0.15, -0.1) is 0 Å². The number of anilines is 3. The Morgan fingerprint density at radius 1 is 0.853 bits per heavy atom. The minimum absolute atomic E-state index is 0.713. The molecule has 2 fully saturated rings. The molecule has 2 aromatic heterocycles. The first-order valence-electron chi connectivity index (χ1n) is 12.3. The smallest absolute Gasteiger partial charge is 0.227 e. The second-order valence-electron chi connectivity index (χ2n) is 8.91. The first kappa shape index (κ1) is 23.1. The van der Waals surface area contributed by atoms with Gasteiger partial charge < -0.3 is 20.0 Å². The van der Waals surface area contributed by atoms with Gasteiger partial charge in [-0.05, 0) is 36.9 Å². The molecule has 0 spiro atoms. The molecule has 180 valence electrons. The third-order valence-electron chi connectivity index (χ3n) is 6.88. The van der Waals surface area contributed by atoms with Gasteiger partial charge in [0.15, 0.2) is 0 Å². The lowest BCUT2D eigenvalue weighted by atomic mass is 10.2. The lowest BCUT2D eigenvalue weighted by molar-refractivity contribution is 0.266. The van der Waals surface area contributed by atoms with Crippen LogP contribution in [0, 0.1) is 0 Å². The van der Waals surface area contributed by atoms with E-state index in [1.54, 1.807) is 0 Å². The summed E-state index contributed by atoms with van der Waals surface area (Å²) in [6, 6.07) is 9.93. The number of nitrogens with zero attached hydrogens (tertiary/aromatic N) is 7. The molecule has 0 saturated carbocycles. The lowest BCUT2D eigenvalue weighted by Gasteiger charge is -2.36. The fourth-order valence-corrected chi connectivity index (χ4v) is 4.92. The summed E-state index contributed by atoms with van der Waals surface area (Å²) in [6.45, 7) is 13.4. The predicted octanol–water partition coefficient (Wildman–Crippen LogP) is 3.05. The molecule has 0 unspecified atom stereocenters. The van der Waals surface area contributed by atoms with Crippen molar-refractivity contribution in [2.45, 2.75) is 6.92 Å². The van der Waals surface area contributed by atoms with Crippen LogP contribution in [0.25, 0.3) is 10.9 Å². The zero-order chi connectivity index (χ0) is 23.3. The van der Waals surface area contributed by atoms with Crippen molar-refractivity contribution in [3.63, 3.8) is 0 Å².